The van der Waals surface area contributed by atoms with Crippen LogP contribution in [0.1, 0.15) is 27.9 Å². The summed E-state index contributed by atoms with van der Waals surface area (Å²) in [4.78, 5) is 14.0. The molecule has 0 aliphatic carbocycles. The highest BCUT2D eigenvalue weighted by atomic mass is 32.1. The molecule has 1 N–H and O–H groups in total. The van der Waals surface area contributed by atoms with E-state index in [0.29, 0.717) is 10.1 Å². The van der Waals surface area contributed by atoms with Crippen LogP contribution in [0.15, 0.2) is 18.2 Å². The Kier molecular flexibility index (Phi) is 4.34. The second-order valence-electron chi connectivity index (χ2n) is 4.65. The van der Waals surface area contributed by atoms with Crippen molar-refractivity contribution in [1.29, 1.82) is 0 Å². The number of nitrogens with one attached hydrogen (secondary N) is 1. The molecule has 1 aromatic carbocycles. The van der Waals surface area contributed by atoms with Crippen LogP contribution in [0.4, 0.5) is 10.8 Å². The summed E-state index contributed by atoms with van der Waals surface area (Å²) in [5, 5.41) is 12.0. The fourth-order valence-corrected chi connectivity index (χ4v) is 2.72. The van der Waals surface area contributed by atoms with Gasteiger partial charge >= 0.3 is 0 Å². The van der Waals surface area contributed by atoms with Crippen molar-refractivity contribution in [1.82, 2.24) is 10.2 Å². The molecule has 0 fully saturated rings. The van der Waals surface area contributed by atoms with E-state index in [1.807, 2.05) is 32.9 Å². The Morgan fingerprint density at radius 1 is 1.25 bits per heavy atom. The van der Waals surface area contributed by atoms with E-state index in [-0.39, 0.29) is 5.91 Å². The summed E-state index contributed by atoms with van der Waals surface area (Å²) in [6, 6.07) is 6.05. The van der Waals surface area contributed by atoms with Crippen LogP contribution in [-0.4, -0.2) is 29.7 Å². The molecule has 1 amide bonds. The Morgan fingerprint density at radius 2 is 1.90 bits per heavy atom. The normalized spacial score (nSPS) is 10.4. The minimum atomic E-state index is -0.142. The number of aryl methyl sites for hydroxylation is 2. The maximum atomic E-state index is 12.4. The highest BCUT2D eigenvalue weighted by Gasteiger charge is 2.18. The molecule has 0 saturated heterocycles. The molecule has 2 rings (SSSR count). The van der Waals surface area contributed by atoms with Gasteiger partial charge in [0.25, 0.3) is 5.91 Å². The zero-order chi connectivity index (χ0) is 14.7. The van der Waals surface area contributed by atoms with Gasteiger partial charge in [0.15, 0.2) is 0 Å². The van der Waals surface area contributed by atoms with Gasteiger partial charge < -0.3 is 10.2 Å². The molecule has 0 saturated carbocycles. The molecule has 0 spiro atoms. The lowest BCUT2D eigenvalue weighted by Gasteiger charge is -2.17. The number of carbonyl (C=O) groups is 1. The molecule has 1 aromatic heterocycles. The van der Waals surface area contributed by atoms with Crippen molar-refractivity contribution < 1.29 is 4.79 Å². The Morgan fingerprint density at radius 3 is 2.50 bits per heavy atom. The summed E-state index contributed by atoms with van der Waals surface area (Å²) < 4.78 is 0. The largest absolute Gasteiger partial charge is 0.360 e. The second-order valence-corrected chi connectivity index (χ2v) is 5.63. The van der Waals surface area contributed by atoms with E-state index in [1.165, 1.54) is 11.3 Å². The smallest absolute Gasteiger partial charge is 0.289 e. The average Bonchev–Trinajstić information content (AvgIpc) is 2.85. The molecule has 0 aliphatic rings. The van der Waals surface area contributed by atoms with E-state index in [1.54, 1.807) is 11.9 Å². The van der Waals surface area contributed by atoms with Crippen molar-refractivity contribution >= 4 is 28.1 Å². The van der Waals surface area contributed by atoms with E-state index in [0.717, 1.165) is 23.4 Å². The summed E-state index contributed by atoms with van der Waals surface area (Å²) in [6.45, 7) is 6.77. The van der Waals surface area contributed by atoms with Gasteiger partial charge in [-0.05, 0) is 44.0 Å². The van der Waals surface area contributed by atoms with Gasteiger partial charge in [-0.15, -0.1) is 10.2 Å². The van der Waals surface area contributed by atoms with Gasteiger partial charge in [-0.2, -0.15) is 0 Å². The number of nitrogens with zero attached hydrogens (tertiary/aromatic N) is 3. The zero-order valence-electron chi connectivity index (χ0n) is 12.1. The molecular formula is C14H18N4OS. The lowest BCUT2D eigenvalue weighted by Crippen LogP contribution is -2.26. The Hall–Kier alpha value is -1.95. The molecule has 0 aliphatic heterocycles. The van der Waals surface area contributed by atoms with Crippen LogP contribution in [0.5, 0.6) is 0 Å². The van der Waals surface area contributed by atoms with Gasteiger partial charge in [0.05, 0.1) is 0 Å². The number of anilines is 2. The van der Waals surface area contributed by atoms with Crippen LogP contribution >= 0.6 is 11.3 Å². The van der Waals surface area contributed by atoms with Gasteiger partial charge in [0, 0.05) is 19.3 Å². The topological polar surface area (TPSA) is 58.1 Å². The molecule has 6 heteroatoms. The summed E-state index contributed by atoms with van der Waals surface area (Å²) in [5.74, 6) is -0.142. The van der Waals surface area contributed by atoms with Crippen molar-refractivity contribution in [3.05, 3.63) is 34.3 Å². The van der Waals surface area contributed by atoms with Gasteiger partial charge in [-0.1, -0.05) is 17.4 Å². The predicted octanol–water partition coefficient (Wildman–Crippen LogP) is 2.86. The standard InChI is InChI=1S/C14H18N4OS/c1-5-15-14-17-16-12(20-14)13(19)18(4)11-7-9(2)6-10(3)8-11/h6-8H,5H2,1-4H3,(H,15,17). The third kappa shape index (κ3) is 3.14. The van der Waals surface area contributed by atoms with Gasteiger partial charge in [0.2, 0.25) is 10.1 Å². The summed E-state index contributed by atoms with van der Waals surface area (Å²) >= 11 is 1.27. The highest BCUT2D eigenvalue weighted by Crippen LogP contribution is 2.22. The van der Waals surface area contributed by atoms with E-state index < -0.39 is 0 Å². The number of hydrogen-bond donors (Lipinski definition) is 1. The Bertz CT molecular complexity index is 603. The number of aromatic nitrogens is 2. The fraction of sp³-hybridized carbons (Fsp3) is 0.357. The van der Waals surface area contributed by atoms with E-state index in [2.05, 4.69) is 21.6 Å². The maximum Gasteiger partial charge on any atom is 0.289 e. The van der Waals surface area contributed by atoms with Gasteiger partial charge in [0.1, 0.15) is 0 Å². The van der Waals surface area contributed by atoms with Crippen LogP contribution in [0.25, 0.3) is 0 Å². The van der Waals surface area contributed by atoms with E-state index >= 15 is 0 Å². The molecule has 1 heterocycles. The van der Waals surface area contributed by atoms with Crippen LogP contribution in [0.2, 0.25) is 0 Å². The molecule has 0 bridgehead atoms. The molecule has 0 radical (unpaired) electrons. The average molecular weight is 290 g/mol. The number of hydrogen-bond acceptors (Lipinski definition) is 5. The maximum absolute atomic E-state index is 12.4. The Balaban J connectivity index is 2.22. The summed E-state index contributed by atoms with van der Waals surface area (Å²) in [7, 11) is 1.75. The molecular weight excluding hydrogens is 272 g/mol. The van der Waals surface area contributed by atoms with Crippen LogP contribution in [0.3, 0.4) is 0 Å². The third-order valence-corrected chi connectivity index (χ3v) is 3.70. The van der Waals surface area contributed by atoms with Gasteiger partial charge in [-0.25, -0.2) is 0 Å². The first kappa shape index (κ1) is 14.5. The number of benzene rings is 1. The molecule has 106 valence electrons. The first-order valence-corrected chi connectivity index (χ1v) is 7.26. The predicted molar refractivity (Wildman–Crippen MR) is 82.7 cm³/mol. The molecule has 5 nitrogen and oxygen atoms in total. The van der Waals surface area contributed by atoms with Crippen molar-refractivity contribution in [2.24, 2.45) is 0 Å². The number of carbonyl (C=O) groups excluding carboxylic acids is 1. The summed E-state index contributed by atoms with van der Waals surface area (Å²) in [5.41, 5.74) is 3.13. The van der Waals surface area contributed by atoms with Gasteiger partial charge in [-0.3, -0.25) is 4.79 Å². The lowest BCUT2D eigenvalue weighted by atomic mass is 10.1. The van der Waals surface area contributed by atoms with E-state index in [9.17, 15) is 4.79 Å². The SMILES string of the molecule is CCNc1nnc(C(=O)N(C)c2cc(C)cc(C)c2)s1. The second kappa shape index (κ2) is 6.00. The quantitative estimate of drug-likeness (QED) is 0.940. The molecule has 20 heavy (non-hydrogen) atoms. The van der Waals surface area contributed by atoms with Crippen LogP contribution < -0.4 is 10.2 Å². The lowest BCUT2D eigenvalue weighted by molar-refractivity contribution is 0.0992. The molecule has 2 aromatic rings. The third-order valence-electron chi connectivity index (χ3n) is 2.83. The first-order valence-electron chi connectivity index (χ1n) is 6.45. The molecule has 0 atom stereocenters. The Labute approximate surface area is 122 Å². The summed E-state index contributed by atoms with van der Waals surface area (Å²) in [6.07, 6.45) is 0. The fourth-order valence-electron chi connectivity index (χ4n) is 1.94. The van der Waals surface area contributed by atoms with Crippen molar-refractivity contribution in [3.63, 3.8) is 0 Å². The minimum absolute atomic E-state index is 0.142. The number of amides is 1. The van der Waals surface area contributed by atoms with Crippen LogP contribution in [-0.2, 0) is 0 Å². The highest BCUT2D eigenvalue weighted by molar-refractivity contribution is 7.17. The van der Waals surface area contributed by atoms with Crippen LogP contribution in [0, 0.1) is 13.8 Å². The number of rotatable bonds is 4. The monoisotopic (exact) mass is 290 g/mol. The van der Waals surface area contributed by atoms with Crippen molar-refractivity contribution in [2.75, 3.05) is 23.8 Å². The van der Waals surface area contributed by atoms with E-state index in [4.69, 9.17) is 0 Å². The minimum Gasteiger partial charge on any atom is -0.360 e. The molecule has 0 unspecified atom stereocenters. The first-order chi connectivity index (χ1) is 9.51. The zero-order valence-corrected chi connectivity index (χ0v) is 12.9. The van der Waals surface area contributed by atoms with Crippen molar-refractivity contribution in [3.8, 4) is 0 Å². The van der Waals surface area contributed by atoms with Crippen molar-refractivity contribution in [2.45, 2.75) is 20.8 Å².